The first-order valence-corrected chi connectivity index (χ1v) is 7.86. The van der Waals surface area contributed by atoms with Gasteiger partial charge in [0.1, 0.15) is 0 Å². The first-order valence-electron chi connectivity index (χ1n) is 6.42. The molecular formula is C12H17N3O5S. The lowest BCUT2D eigenvalue weighted by molar-refractivity contribution is -0.386. The second kappa shape index (κ2) is 5.96. The lowest BCUT2D eigenvalue weighted by Gasteiger charge is -2.30. The summed E-state index contributed by atoms with van der Waals surface area (Å²) in [7, 11) is -2.44. The molecule has 8 nitrogen and oxygen atoms in total. The number of methoxy groups -OCH3 is 1. The van der Waals surface area contributed by atoms with E-state index in [-0.39, 0.29) is 22.4 Å². The molecule has 21 heavy (non-hydrogen) atoms. The summed E-state index contributed by atoms with van der Waals surface area (Å²) in [5, 5.41) is 14.1. The third kappa shape index (κ3) is 3.14. The van der Waals surface area contributed by atoms with Crippen LogP contribution in [0.3, 0.4) is 0 Å². The van der Waals surface area contributed by atoms with E-state index in [1.165, 1.54) is 23.5 Å². The highest BCUT2D eigenvalue weighted by Crippen LogP contribution is 2.30. The number of piperazine rings is 1. The van der Waals surface area contributed by atoms with Crippen molar-refractivity contribution >= 4 is 15.7 Å². The largest absolute Gasteiger partial charge is 0.490 e. The molecule has 0 aromatic heterocycles. The first-order chi connectivity index (χ1) is 9.86. The zero-order valence-electron chi connectivity index (χ0n) is 11.8. The van der Waals surface area contributed by atoms with Gasteiger partial charge in [-0.3, -0.25) is 10.1 Å². The molecule has 116 valence electrons. The maximum atomic E-state index is 12.5. The molecule has 1 fully saturated rings. The summed E-state index contributed by atoms with van der Waals surface area (Å²) in [5.41, 5.74) is -0.359. The number of sulfonamides is 1. The molecule has 0 unspecified atom stereocenters. The van der Waals surface area contributed by atoms with Gasteiger partial charge < -0.3 is 10.1 Å². The number of nitro groups is 1. The average Bonchev–Trinajstić information content (AvgIpc) is 2.46. The van der Waals surface area contributed by atoms with Crippen molar-refractivity contribution in [3.8, 4) is 5.75 Å². The quantitative estimate of drug-likeness (QED) is 0.644. The predicted octanol–water partition coefficient (Wildman–Crippen LogP) is 0.586. The van der Waals surface area contributed by atoms with Crippen molar-refractivity contribution in [2.24, 2.45) is 0 Å². The molecule has 1 aromatic rings. The van der Waals surface area contributed by atoms with E-state index in [2.05, 4.69) is 5.32 Å². The SMILES string of the molecule is COc1ccc(S(=O)(=O)N2CCN[C@H](C)C2)cc1[N+](=O)[O-]. The molecule has 1 aromatic carbocycles. The number of hydrogen-bond acceptors (Lipinski definition) is 6. The number of ether oxygens (including phenoxy) is 1. The summed E-state index contributed by atoms with van der Waals surface area (Å²) < 4.78 is 31.3. The van der Waals surface area contributed by atoms with Crippen molar-refractivity contribution in [2.75, 3.05) is 26.7 Å². The fraction of sp³-hybridized carbons (Fsp3) is 0.500. The number of rotatable bonds is 4. The van der Waals surface area contributed by atoms with Crippen molar-refractivity contribution < 1.29 is 18.1 Å². The molecule has 0 amide bonds. The zero-order valence-corrected chi connectivity index (χ0v) is 12.6. The Hall–Kier alpha value is -1.71. The molecule has 1 aliphatic heterocycles. The van der Waals surface area contributed by atoms with Crippen molar-refractivity contribution in [3.05, 3.63) is 28.3 Å². The topological polar surface area (TPSA) is 102 Å². The van der Waals surface area contributed by atoms with Crippen molar-refractivity contribution in [1.82, 2.24) is 9.62 Å². The molecular weight excluding hydrogens is 298 g/mol. The lowest BCUT2D eigenvalue weighted by Crippen LogP contribution is -2.51. The van der Waals surface area contributed by atoms with Gasteiger partial charge in [-0.05, 0) is 19.1 Å². The number of nitrogens with zero attached hydrogens (tertiary/aromatic N) is 2. The maximum Gasteiger partial charge on any atom is 0.312 e. The van der Waals surface area contributed by atoms with E-state index >= 15 is 0 Å². The molecule has 0 aliphatic carbocycles. The fourth-order valence-electron chi connectivity index (χ4n) is 2.24. The molecule has 0 saturated carbocycles. The molecule has 0 spiro atoms. The first kappa shape index (κ1) is 15.7. The summed E-state index contributed by atoms with van der Waals surface area (Å²) in [6, 6.07) is 3.72. The summed E-state index contributed by atoms with van der Waals surface area (Å²) in [5.74, 6) is 0.0348. The Bertz CT molecular complexity index is 646. The van der Waals surface area contributed by atoms with E-state index in [1.807, 2.05) is 6.92 Å². The van der Waals surface area contributed by atoms with Crippen LogP contribution in [0.25, 0.3) is 0 Å². The van der Waals surface area contributed by atoms with Crippen molar-refractivity contribution in [3.63, 3.8) is 0 Å². The summed E-state index contributed by atoms with van der Waals surface area (Å²) >= 11 is 0. The highest BCUT2D eigenvalue weighted by Gasteiger charge is 2.30. The molecule has 1 N–H and O–H groups in total. The van der Waals surface area contributed by atoms with Crippen LogP contribution in [0.1, 0.15) is 6.92 Å². The molecule has 1 atom stereocenters. The van der Waals surface area contributed by atoms with Crippen LogP contribution in [-0.2, 0) is 10.0 Å². The summed E-state index contributed by atoms with van der Waals surface area (Å²) in [4.78, 5) is 10.2. The van der Waals surface area contributed by atoms with E-state index in [0.717, 1.165) is 6.07 Å². The number of nitrogens with one attached hydrogen (secondary N) is 1. The van der Waals surface area contributed by atoms with E-state index in [1.54, 1.807) is 0 Å². The normalized spacial score (nSPS) is 20.2. The maximum absolute atomic E-state index is 12.5. The third-order valence-electron chi connectivity index (χ3n) is 3.32. The fourth-order valence-corrected chi connectivity index (χ4v) is 3.79. The summed E-state index contributed by atoms with van der Waals surface area (Å²) in [6.45, 7) is 3.12. The van der Waals surface area contributed by atoms with Gasteiger partial charge in [-0.15, -0.1) is 0 Å². The number of benzene rings is 1. The highest BCUT2D eigenvalue weighted by molar-refractivity contribution is 7.89. The Morgan fingerprint density at radius 1 is 1.48 bits per heavy atom. The lowest BCUT2D eigenvalue weighted by atomic mass is 10.3. The molecule has 9 heteroatoms. The van der Waals surface area contributed by atoms with E-state index in [4.69, 9.17) is 4.74 Å². The van der Waals surface area contributed by atoms with E-state index < -0.39 is 14.9 Å². The van der Waals surface area contributed by atoms with Gasteiger partial charge in [0.25, 0.3) is 0 Å². The van der Waals surface area contributed by atoms with Crippen LogP contribution in [0.2, 0.25) is 0 Å². The van der Waals surface area contributed by atoms with Gasteiger partial charge in [-0.25, -0.2) is 8.42 Å². The smallest absolute Gasteiger partial charge is 0.312 e. The van der Waals surface area contributed by atoms with Gasteiger partial charge in [0.05, 0.1) is 16.9 Å². The number of nitro benzene ring substituents is 1. The van der Waals surface area contributed by atoms with Crippen LogP contribution in [0.5, 0.6) is 5.75 Å². The Kier molecular flexibility index (Phi) is 4.45. The molecule has 1 saturated heterocycles. The Labute approximate surface area is 122 Å². The highest BCUT2D eigenvalue weighted by atomic mass is 32.2. The standard InChI is InChI=1S/C12H17N3O5S/c1-9-8-14(6-5-13-9)21(18,19)10-3-4-12(20-2)11(7-10)15(16)17/h3-4,7,9,13H,5-6,8H2,1-2H3/t9-/m1/s1. The van der Waals surface area contributed by atoms with Crippen LogP contribution >= 0.6 is 0 Å². The van der Waals surface area contributed by atoms with Gasteiger partial charge in [0.2, 0.25) is 10.0 Å². The minimum atomic E-state index is -3.74. The minimum Gasteiger partial charge on any atom is -0.490 e. The van der Waals surface area contributed by atoms with E-state index in [9.17, 15) is 18.5 Å². The van der Waals surface area contributed by atoms with Gasteiger partial charge in [-0.1, -0.05) is 0 Å². The molecule has 2 rings (SSSR count). The van der Waals surface area contributed by atoms with Gasteiger partial charge in [0, 0.05) is 31.7 Å². The Morgan fingerprint density at radius 3 is 2.76 bits per heavy atom. The monoisotopic (exact) mass is 315 g/mol. The minimum absolute atomic E-state index is 0.0348. The second-order valence-corrected chi connectivity index (χ2v) is 6.75. The predicted molar refractivity (Wildman–Crippen MR) is 75.9 cm³/mol. The van der Waals surface area contributed by atoms with Crippen LogP contribution in [0.4, 0.5) is 5.69 Å². The average molecular weight is 315 g/mol. The molecule has 1 aliphatic rings. The molecule has 1 heterocycles. The molecule has 0 radical (unpaired) electrons. The van der Waals surface area contributed by atoms with E-state index in [0.29, 0.717) is 19.6 Å². The van der Waals surface area contributed by atoms with Gasteiger partial charge in [-0.2, -0.15) is 4.31 Å². The second-order valence-electron chi connectivity index (χ2n) is 4.81. The van der Waals surface area contributed by atoms with Crippen LogP contribution in [0.15, 0.2) is 23.1 Å². The third-order valence-corrected chi connectivity index (χ3v) is 5.18. The van der Waals surface area contributed by atoms with Crippen LogP contribution in [0, 0.1) is 10.1 Å². The van der Waals surface area contributed by atoms with Gasteiger partial charge in [0.15, 0.2) is 5.75 Å². The Morgan fingerprint density at radius 2 is 2.19 bits per heavy atom. The van der Waals surface area contributed by atoms with Gasteiger partial charge >= 0.3 is 5.69 Å². The van der Waals surface area contributed by atoms with Crippen LogP contribution in [-0.4, -0.2) is 50.4 Å². The molecule has 0 bridgehead atoms. The summed E-state index contributed by atoms with van der Waals surface area (Å²) in [6.07, 6.45) is 0. The van der Waals surface area contributed by atoms with Crippen LogP contribution < -0.4 is 10.1 Å². The number of hydrogen-bond donors (Lipinski definition) is 1. The van der Waals surface area contributed by atoms with Crippen molar-refractivity contribution in [1.29, 1.82) is 0 Å². The zero-order chi connectivity index (χ0) is 15.6. The Balaban J connectivity index is 2.40. The van der Waals surface area contributed by atoms with Crippen molar-refractivity contribution in [2.45, 2.75) is 17.9 Å².